The van der Waals surface area contributed by atoms with Crippen LogP contribution in [0.5, 0.6) is 0 Å². The SMILES string of the molecule is Cc1cc2ccccc2n1CCc1ccccn1. The number of hydrogen-bond donors (Lipinski definition) is 0. The average molecular weight is 236 g/mol. The molecule has 2 heteroatoms. The Morgan fingerprint density at radius 3 is 2.72 bits per heavy atom. The van der Waals surface area contributed by atoms with Crippen LogP contribution in [0.1, 0.15) is 11.4 Å². The van der Waals surface area contributed by atoms with Crippen molar-refractivity contribution in [2.24, 2.45) is 0 Å². The predicted molar refractivity (Wildman–Crippen MR) is 74.6 cm³/mol. The summed E-state index contributed by atoms with van der Waals surface area (Å²) in [4.78, 5) is 4.37. The second-order valence-electron chi connectivity index (χ2n) is 4.57. The highest BCUT2D eigenvalue weighted by molar-refractivity contribution is 5.81. The molecule has 0 atom stereocenters. The molecular weight excluding hydrogens is 220 g/mol. The van der Waals surface area contributed by atoms with Crippen LogP contribution in [0.2, 0.25) is 0 Å². The summed E-state index contributed by atoms with van der Waals surface area (Å²) in [5.41, 5.74) is 3.77. The lowest BCUT2D eigenvalue weighted by Crippen LogP contribution is -2.03. The van der Waals surface area contributed by atoms with Crippen molar-refractivity contribution in [1.82, 2.24) is 9.55 Å². The molecule has 3 rings (SSSR count). The zero-order chi connectivity index (χ0) is 12.4. The van der Waals surface area contributed by atoms with E-state index in [0.717, 1.165) is 18.7 Å². The Balaban J connectivity index is 1.89. The van der Waals surface area contributed by atoms with Gasteiger partial charge in [0.1, 0.15) is 0 Å². The number of nitrogens with zero attached hydrogens (tertiary/aromatic N) is 2. The number of para-hydroxylation sites is 1. The molecule has 0 aliphatic heterocycles. The van der Waals surface area contributed by atoms with Gasteiger partial charge in [-0.05, 0) is 36.6 Å². The van der Waals surface area contributed by atoms with Crippen LogP contribution in [0, 0.1) is 6.92 Å². The third-order valence-electron chi connectivity index (χ3n) is 3.34. The van der Waals surface area contributed by atoms with Gasteiger partial charge in [0.15, 0.2) is 0 Å². The average Bonchev–Trinajstić information content (AvgIpc) is 2.73. The number of pyridine rings is 1. The van der Waals surface area contributed by atoms with Gasteiger partial charge in [0.25, 0.3) is 0 Å². The molecule has 0 fully saturated rings. The molecule has 0 amide bonds. The number of fused-ring (bicyclic) bond motifs is 1. The van der Waals surface area contributed by atoms with Crippen molar-refractivity contribution in [3.63, 3.8) is 0 Å². The maximum absolute atomic E-state index is 4.37. The highest BCUT2D eigenvalue weighted by atomic mass is 15.0. The van der Waals surface area contributed by atoms with Crippen LogP contribution in [0.25, 0.3) is 10.9 Å². The highest BCUT2D eigenvalue weighted by Crippen LogP contribution is 2.19. The van der Waals surface area contributed by atoms with Crippen LogP contribution in [0.3, 0.4) is 0 Å². The number of aromatic nitrogens is 2. The maximum atomic E-state index is 4.37. The van der Waals surface area contributed by atoms with E-state index in [1.807, 2.05) is 18.3 Å². The van der Waals surface area contributed by atoms with Gasteiger partial charge < -0.3 is 4.57 Å². The van der Waals surface area contributed by atoms with Gasteiger partial charge >= 0.3 is 0 Å². The first-order valence-corrected chi connectivity index (χ1v) is 6.29. The molecule has 0 aliphatic rings. The van der Waals surface area contributed by atoms with Crippen LogP contribution >= 0.6 is 0 Å². The van der Waals surface area contributed by atoms with Crippen molar-refractivity contribution in [2.75, 3.05) is 0 Å². The summed E-state index contributed by atoms with van der Waals surface area (Å²) in [5, 5.41) is 1.32. The summed E-state index contributed by atoms with van der Waals surface area (Å²) in [5.74, 6) is 0. The fourth-order valence-corrected chi connectivity index (χ4v) is 2.42. The van der Waals surface area contributed by atoms with E-state index in [1.165, 1.54) is 16.6 Å². The van der Waals surface area contributed by atoms with Gasteiger partial charge in [-0.2, -0.15) is 0 Å². The monoisotopic (exact) mass is 236 g/mol. The number of aryl methyl sites for hydroxylation is 3. The summed E-state index contributed by atoms with van der Waals surface area (Å²) in [6.45, 7) is 3.15. The molecule has 0 radical (unpaired) electrons. The van der Waals surface area contributed by atoms with Gasteiger partial charge in [-0.3, -0.25) is 4.98 Å². The topological polar surface area (TPSA) is 17.8 Å². The Morgan fingerprint density at radius 1 is 1.06 bits per heavy atom. The summed E-state index contributed by atoms with van der Waals surface area (Å²) in [6.07, 6.45) is 2.83. The van der Waals surface area contributed by atoms with E-state index in [0.29, 0.717) is 0 Å². The minimum atomic E-state index is 0.973. The molecule has 90 valence electrons. The second-order valence-corrected chi connectivity index (χ2v) is 4.57. The summed E-state index contributed by atoms with van der Waals surface area (Å²) in [7, 11) is 0. The Morgan fingerprint density at radius 2 is 1.89 bits per heavy atom. The molecular formula is C16H16N2. The second kappa shape index (κ2) is 4.65. The van der Waals surface area contributed by atoms with Crippen molar-refractivity contribution >= 4 is 10.9 Å². The van der Waals surface area contributed by atoms with E-state index in [-0.39, 0.29) is 0 Å². The normalized spacial score (nSPS) is 10.9. The largest absolute Gasteiger partial charge is 0.344 e. The van der Waals surface area contributed by atoms with Gasteiger partial charge in [0.05, 0.1) is 0 Å². The fourth-order valence-electron chi connectivity index (χ4n) is 2.42. The van der Waals surface area contributed by atoms with Crippen molar-refractivity contribution in [2.45, 2.75) is 19.9 Å². The molecule has 1 aromatic carbocycles. The van der Waals surface area contributed by atoms with E-state index >= 15 is 0 Å². The van der Waals surface area contributed by atoms with Crippen LogP contribution in [-0.4, -0.2) is 9.55 Å². The zero-order valence-electron chi connectivity index (χ0n) is 10.5. The molecule has 0 saturated carbocycles. The standard InChI is InChI=1S/C16H16N2/c1-13-12-14-6-2-3-8-16(14)18(13)11-9-15-7-4-5-10-17-15/h2-8,10,12H,9,11H2,1H3. The fraction of sp³-hybridized carbons (Fsp3) is 0.188. The van der Waals surface area contributed by atoms with E-state index in [1.54, 1.807) is 0 Å². The Kier molecular flexibility index (Phi) is 2.85. The third kappa shape index (κ3) is 2.02. The molecule has 0 aliphatic carbocycles. The smallest absolute Gasteiger partial charge is 0.0482 e. The van der Waals surface area contributed by atoms with E-state index in [2.05, 4.69) is 52.9 Å². The van der Waals surface area contributed by atoms with Crippen molar-refractivity contribution in [3.05, 3.63) is 66.1 Å². The van der Waals surface area contributed by atoms with Gasteiger partial charge in [-0.1, -0.05) is 24.3 Å². The first-order chi connectivity index (χ1) is 8.84. The molecule has 3 aromatic rings. The van der Waals surface area contributed by atoms with Crippen LogP contribution in [-0.2, 0) is 13.0 Å². The lowest BCUT2D eigenvalue weighted by Gasteiger charge is -2.07. The van der Waals surface area contributed by atoms with Gasteiger partial charge in [0, 0.05) is 36.1 Å². The molecule has 2 nitrogen and oxygen atoms in total. The van der Waals surface area contributed by atoms with E-state index < -0.39 is 0 Å². The molecule has 0 unspecified atom stereocenters. The molecule has 0 bridgehead atoms. The number of benzene rings is 1. The van der Waals surface area contributed by atoms with Gasteiger partial charge in [-0.15, -0.1) is 0 Å². The molecule has 0 spiro atoms. The van der Waals surface area contributed by atoms with Crippen LogP contribution in [0.4, 0.5) is 0 Å². The number of rotatable bonds is 3. The Hall–Kier alpha value is -2.09. The molecule has 18 heavy (non-hydrogen) atoms. The molecule has 0 saturated heterocycles. The van der Waals surface area contributed by atoms with Crippen molar-refractivity contribution < 1.29 is 0 Å². The quantitative estimate of drug-likeness (QED) is 0.679. The minimum Gasteiger partial charge on any atom is -0.344 e. The predicted octanol–water partition coefficient (Wildman–Crippen LogP) is 3.59. The summed E-state index contributed by atoms with van der Waals surface area (Å²) < 4.78 is 2.37. The van der Waals surface area contributed by atoms with Crippen LogP contribution < -0.4 is 0 Å². The highest BCUT2D eigenvalue weighted by Gasteiger charge is 2.04. The number of hydrogen-bond acceptors (Lipinski definition) is 1. The Labute approximate surface area is 107 Å². The Bertz CT molecular complexity index is 653. The van der Waals surface area contributed by atoms with Crippen molar-refractivity contribution in [3.8, 4) is 0 Å². The van der Waals surface area contributed by atoms with Gasteiger partial charge in [0.2, 0.25) is 0 Å². The molecule has 2 heterocycles. The van der Waals surface area contributed by atoms with Crippen LogP contribution in [0.15, 0.2) is 54.7 Å². The van der Waals surface area contributed by atoms with Gasteiger partial charge in [-0.25, -0.2) is 0 Å². The van der Waals surface area contributed by atoms with E-state index in [4.69, 9.17) is 0 Å². The minimum absolute atomic E-state index is 0.973. The molecule has 2 aromatic heterocycles. The summed E-state index contributed by atoms with van der Waals surface area (Å²) >= 11 is 0. The first-order valence-electron chi connectivity index (χ1n) is 6.29. The maximum Gasteiger partial charge on any atom is 0.0482 e. The lowest BCUT2D eigenvalue weighted by atomic mass is 10.2. The van der Waals surface area contributed by atoms with Crippen molar-refractivity contribution in [1.29, 1.82) is 0 Å². The zero-order valence-corrected chi connectivity index (χ0v) is 10.5. The van der Waals surface area contributed by atoms with E-state index in [9.17, 15) is 0 Å². The third-order valence-corrected chi connectivity index (χ3v) is 3.34. The molecule has 0 N–H and O–H groups in total. The lowest BCUT2D eigenvalue weighted by molar-refractivity contribution is 0.692. The first kappa shape index (κ1) is 11.0. The summed E-state index contributed by atoms with van der Waals surface area (Å²) in [6, 6.07) is 16.9.